The van der Waals surface area contributed by atoms with Crippen LogP contribution in [0.1, 0.15) is 32.3 Å². The lowest BCUT2D eigenvalue weighted by Gasteiger charge is -2.30. The van der Waals surface area contributed by atoms with E-state index in [9.17, 15) is 4.39 Å². The molecule has 0 heterocycles. The van der Waals surface area contributed by atoms with Gasteiger partial charge in [-0.15, -0.1) is 0 Å². The topological polar surface area (TPSA) is 29.3 Å². The fraction of sp³-hybridized carbons (Fsp3) is 0.571. The second-order valence-corrected chi connectivity index (χ2v) is 5.21. The third kappa shape index (κ3) is 5.29. The van der Waals surface area contributed by atoms with E-state index >= 15 is 0 Å². The lowest BCUT2D eigenvalue weighted by atomic mass is 9.97. The standard InChI is InChI=1S/C14H23FN2/c1-4-8-14(2,16)11-17(3)10-12-6-5-7-13(15)9-12/h5-7,9H,4,8,10-11,16H2,1-3H3. The number of nitrogens with two attached hydrogens (primary N) is 1. The predicted octanol–water partition coefficient (Wildman–Crippen LogP) is 2.78. The molecule has 0 amide bonds. The van der Waals surface area contributed by atoms with Gasteiger partial charge in [-0.2, -0.15) is 0 Å². The van der Waals surface area contributed by atoms with Gasteiger partial charge in [0.15, 0.2) is 0 Å². The molecule has 0 fully saturated rings. The molecule has 1 atom stereocenters. The van der Waals surface area contributed by atoms with E-state index in [0.717, 1.165) is 31.5 Å². The Morgan fingerprint density at radius 2 is 2.12 bits per heavy atom. The van der Waals surface area contributed by atoms with Crippen LogP contribution < -0.4 is 5.73 Å². The Kier molecular flexibility index (Phi) is 5.09. The average molecular weight is 238 g/mol. The molecule has 1 aromatic rings. The largest absolute Gasteiger partial charge is 0.324 e. The molecule has 0 aromatic heterocycles. The number of hydrogen-bond donors (Lipinski definition) is 1. The van der Waals surface area contributed by atoms with E-state index in [4.69, 9.17) is 5.73 Å². The lowest BCUT2D eigenvalue weighted by molar-refractivity contribution is 0.240. The maximum atomic E-state index is 13.0. The van der Waals surface area contributed by atoms with E-state index in [2.05, 4.69) is 18.7 Å². The fourth-order valence-corrected chi connectivity index (χ4v) is 2.27. The molecule has 17 heavy (non-hydrogen) atoms. The van der Waals surface area contributed by atoms with Gasteiger partial charge in [0.1, 0.15) is 5.82 Å². The Hall–Kier alpha value is -0.930. The molecule has 2 N–H and O–H groups in total. The number of benzene rings is 1. The predicted molar refractivity (Wildman–Crippen MR) is 70.2 cm³/mol. The highest BCUT2D eigenvalue weighted by Gasteiger charge is 2.19. The summed E-state index contributed by atoms with van der Waals surface area (Å²) in [5, 5.41) is 0. The van der Waals surface area contributed by atoms with Crippen molar-refractivity contribution in [2.24, 2.45) is 5.73 Å². The molecular weight excluding hydrogens is 215 g/mol. The molecule has 3 heteroatoms. The summed E-state index contributed by atoms with van der Waals surface area (Å²) in [6, 6.07) is 6.72. The van der Waals surface area contributed by atoms with Crippen molar-refractivity contribution in [2.75, 3.05) is 13.6 Å². The van der Waals surface area contributed by atoms with E-state index in [1.165, 1.54) is 6.07 Å². The Morgan fingerprint density at radius 3 is 2.71 bits per heavy atom. The van der Waals surface area contributed by atoms with Crippen molar-refractivity contribution in [2.45, 2.75) is 38.8 Å². The van der Waals surface area contributed by atoms with E-state index in [1.807, 2.05) is 13.1 Å². The van der Waals surface area contributed by atoms with Crippen LogP contribution >= 0.6 is 0 Å². The zero-order valence-electron chi connectivity index (χ0n) is 11.0. The third-order valence-electron chi connectivity index (χ3n) is 2.79. The van der Waals surface area contributed by atoms with Crippen LogP contribution in [0.3, 0.4) is 0 Å². The molecule has 0 aliphatic carbocycles. The molecule has 1 aromatic carbocycles. The first-order valence-corrected chi connectivity index (χ1v) is 6.15. The summed E-state index contributed by atoms with van der Waals surface area (Å²) in [6.07, 6.45) is 2.08. The zero-order chi connectivity index (χ0) is 12.9. The highest BCUT2D eigenvalue weighted by molar-refractivity contribution is 5.16. The van der Waals surface area contributed by atoms with Gasteiger partial charge in [0.05, 0.1) is 0 Å². The number of nitrogens with zero attached hydrogens (tertiary/aromatic N) is 1. The zero-order valence-corrected chi connectivity index (χ0v) is 11.0. The molecule has 0 bridgehead atoms. The molecule has 0 spiro atoms. The summed E-state index contributed by atoms with van der Waals surface area (Å²) in [6.45, 7) is 5.75. The fourth-order valence-electron chi connectivity index (χ4n) is 2.27. The first-order valence-electron chi connectivity index (χ1n) is 6.15. The van der Waals surface area contributed by atoms with Gasteiger partial charge >= 0.3 is 0 Å². The van der Waals surface area contributed by atoms with Crippen LogP contribution in [0.5, 0.6) is 0 Å². The monoisotopic (exact) mass is 238 g/mol. The number of hydrogen-bond acceptors (Lipinski definition) is 2. The Balaban J connectivity index is 2.52. The molecular formula is C14H23FN2. The van der Waals surface area contributed by atoms with Gasteiger partial charge < -0.3 is 10.6 Å². The maximum absolute atomic E-state index is 13.0. The van der Waals surface area contributed by atoms with Crippen molar-refractivity contribution in [1.82, 2.24) is 4.90 Å². The smallest absolute Gasteiger partial charge is 0.123 e. The van der Waals surface area contributed by atoms with Crippen LogP contribution in [0.25, 0.3) is 0 Å². The van der Waals surface area contributed by atoms with Crippen molar-refractivity contribution >= 4 is 0 Å². The molecule has 96 valence electrons. The number of rotatable bonds is 6. The molecule has 0 aliphatic heterocycles. The SMILES string of the molecule is CCCC(C)(N)CN(C)Cc1cccc(F)c1. The molecule has 0 saturated heterocycles. The van der Waals surface area contributed by atoms with Gasteiger partial charge in [-0.25, -0.2) is 4.39 Å². The summed E-state index contributed by atoms with van der Waals surface area (Å²) in [5.74, 6) is -0.181. The van der Waals surface area contributed by atoms with E-state index in [1.54, 1.807) is 12.1 Å². The Labute approximate surface area is 104 Å². The van der Waals surface area contributed by atoms with Crippen molar-refractivity contribution < 1.29 is 4.39 Å². The molecule has 1 rings (SSSR count). The van der Waals surface area contributed by atoms with Gasteiger partial charge in [0.25, 0.3) is 0 Å². The summed E-state index contributed by atoms with van der Waals surface area (Å²) < 4.78 is 13.0. The highest BCUT2D eigenvalue weighted by atomic mass is 19.1. The van der Waals surface area contributed by atoms with Crippen LogP contribution in [-0.4, -0.2) is 24.0 Å². The van der Waals surface area contributed by atoms with Gasteiger partial charge in [0.2, 0.25) is 0 Å². The number of likely N-dealkylation sites (N-methyl/N-ethyl adjacent to an activating group) is 1. The molecule has 0 radical (unpaired) electrons. The lowest BCUT2D eigenvalue weighted by Crippen LogP contribution is -2.46. The van der Waals surface area contributed by atoms with Crippen LogP contribution in [-0.2, 0) is 6.54 Å². The van der Waals surface area contributed by atoms with E-state index < -0.39 is 0 Å². The van der Waals surface area contributed by atoms with Crippen LogP contribution in [0.15, 0.2) is 24.3 Å². The number of halogens is 1. The first kappa shape index (κ1) is 14.1. The summed E-state index contributed by atoms with van der Waals surface area (Å²) in [4.78, 5) is 2.14. The molecule has 0 aliphatic rings. The maximum Gasteiger partial charge on any atom is 0.123 e. The van der Waals surface area contributed by atoms with E-state index in [0.29, 0.717) is 0 Å². The van der Waals surface area contributed by atoms with Gasteiger partial charge in [-0.05, 0) is 38.1 Å². The molecule has 0 saturated carbocycles. The minimum Gasteiger partial charge on any atom is -0.324 e. The van der Waals surface area contributed by atoms with Crippen LogP contribution in [0.2, 0.25) is 0 Å². The van der Waals surface area contributed by atoms with Gasteiger partial charge in [-0.1, -0.05) is 25.5 Å². The normalized spacial score (nSPS) is 14.9. The summed E-state index contributed by atoms with van der Waals surface area (Å²) in [7, 11) is 2.02. The minimum atomic E-state index is -0.181. The van der Waals surface area contributed by atoms with Gasteiger partial charge in [-0.3, -0.25) is 0 Å². The third-order valence-corrected chi connectivity index (χ3v) is 2.79. The van der Waals surface area contributed by atoms with Crippen LogP contribution in [0, 0.1) is 5.82 Å². The van der Waals surface area contributed by atoms with Crippen molar-refractivity contribution in [3.05, 3.63) is 35.6 Å². The average Bonchev–Trinajstić information content (AvgIpc) is 2.15. The van der Waals surface area contributed by atoms with Crippen LogP contribution in [0.4, 0.5) is 4.39 Å². The molecule has 1 unspecified atom stereocenters. The van der Waals surface area contributed by atoms with E-state index in [-0.39, 0.29) is 11.4 Å². The van der Waals surface area contributed by atoms with Gasteiger partial charge in [0, 0.05) is 18.6 Å². The van der Waals surface area contributed by atoms with Crippen molar-refractivity contribution in [1.29, 1.82) is 0 Å². The summed E-state index contributed by atoms with van der Waals surface area (Å²) >= 11 is 0. The first-order chi connectivity index (χ1) is 7.93. The minimum absolute atomic E-state index is 0.170. The van der Waals surface area contributed by atoms with Crippen molar-refractivity contribution in [3.8, 4) is 0 Å². The quantitative estimate of drug-likeness (QED) is 0.825. The Bertz CT molecular complexity index is 350. The van der Waals surface area contributed by atoms with Crippen molar-refractivity contribution in [3.63, 3.8) is 0 Å². The molecule has 2 nitrogen and oxygen atoms in total. The Morgan fingerprint density at radius 1 is 1.41 bits per heavy atom. The second kappa shape index (κ2) is 6.12. The highest BCUT2D eigenvalue weighted by Crippen LogP contribution is 2.12. The summed E-state index contributed by atoms with van der Waals surface area (Å²) in [5.41, 5.74) is 7.01. The second-order valence-electron chi connectivity index (χ2n) is 5.21.